The maximum absolute atomic E-state index is 10.7. The highest BCUT2D eigenvalue weighted by Crippen LogP contribution is 2.40. The van der Waals surface area contributed by atoms with Crippen molar-refractivity contribution in [2.75, 3.05) is 19.0 Å². The summed E-state index contributed by atoms with van der Waals surface area (Å²) in [5.74, 6) is 1.71. The molecule has 1 aliphatic rings. The van der Waals surface area contributed by atoms with Gasteiger partial charge in [0.1, 0.15) is 23.0 Å². The predicted octanol–water partition coefficient (Wildman–Crippen LogP) is 5.24. The highest BCUT2D eigenvalue weighted by atomic mass is 16.5. The normalized spacial score (nSPS) is 12.5. The second-order valence-corrected chi connectivity index (χ2v) is 8.52. The minimum atomic E-state index is -0.0885. The Hall–Kier alpha value is -4.20. The van der Waals surface area contributed by atoms with Crippen LogP contribution in [0.15, 0.2) is 54.6 Å². The first kappa shape index (κ1) is 21.6. The molecule has 0 aliphatic carbocycles. The standard InChI is InChI=1S/C26H26N4O4/c1-15(2)20-13-21(24(32)14-23(20)31)25-28-29-26(34-19-7-5-18(33-3)6-8-19)30(25)17-4-9-22-16(12-17)10-11-27-22/h4-9,12-15,27,31-32H,10-11H2,1-3H3. The van der Waals surface area contributed by atoms with Crippen molar-refractivity contribution in [3.05, 3.63) is 65.7 Å². The lowest BCUT2D eigenvalue weighted by Crippen LogP contribution is -2.02. The van der Waals surface area contributed by atoms with Crippen molar-refractivity contribution in [3.8, 4) is 46.1 Å². The van der Waals surface area contributed by atoms with Crippen molar-refractivity contribution in [2.45, 2.75) is 26.2 Å². The van der Waals surface area contributed by atoms with E-state index < -0.39 is 0 Å². The number of aromatic hydroxyl groups is 2. The number of fused-ring (bicyclic) bond motifs is 1. The fourth-order valence-electron chi connectivity index (χ4n) is 4.16. The molecule has 3 N–H and O–H groups in total. The molecule has 0 bridgehead atoms. The molecule has 5 rings (SSSR count). The number of benzene rings is 3. The molecule has 0 saturated heterocycles. The molecule has 2 heterocycles. The zero-order valence-corrected chi connectivity index (χ0v) is 19.2. The van der Waals surface area contributed by atoms with Gasteiger partial charge in [-0.15, -0.1) is 5.10 Å². The molecule has 174 valence electrons. The van der Waals surface area contributed by atoms with E-state index in [1.807, 2.05) is 26.0 Å². The van der Waals surface area contributed by atoms with Gasteiger partial charge < -0.3 is 25.0 Å². The van der Waals surface area contributed by atoms with E-state index in [1.54, 1.807) is 42.0 Å². The topological polar surface area (TPSA) is 102 Å². The Kier molecular flexibility index (Phi) is 5.49. The summed E-state index contributed by atoms with van der Waals surface area (Å²) in [6, 6.07) is 16.6. The van der Waals surface area contributed by atoms with Gasteiger partial charge >= 0.3 is 6.01 Å². The monoisotopic (exact) mass is 458 g/mol. The summed E-state index contributed by atoms with van der Waals surface area (Å²) in [7, 11) is 1.61. The molecule has 8 heteroatoms. The number of hydrogen-bond acceptors (Lipinski definition) is 7. The molecule has 0 unspecified atom stereocenters. The van der Waals surface area contributed by atoms with Gasteiger partial charge in [0.05, 0.1) is 18.4 Å². The Morgan fingerprint density at radius 3 is 2.44 bits per heavy atom. The summed E-state index contributed by atoms with van der Waals surface area (Å²) in [4.78, 5) is 0. The van der Waals surface area contributed by atoms with Crippen molar-refractivity contribution in [2.24, 2.45) is 0 Å². The van der Waals surface area contributed by atoms with Crippen LogP contribution in [0.4, 0.5) is 5.69 Å². The number of ether oxygens (including phenoxy) is 2. The van der Waals surface area contributed by atoms with Crippen LogP contribution in [0.2, 0.25) is 0 Å². The fraction of sp³-hybridized carbons (Fsp3) is 0.231. The van der Waals surface area contributed by atoms with Crippen molar-refractivity contribution in [1.82, 2.24) is 14.8 Å². The number of nitrogens with one attached hydrogen (secondary N) is 1. The molecule has 1 aromatic heterocycles. The van der Waals surface area contributed by atoms with Crippen molar-refractivity contribution >= 4 is 5.69 Å². The Bertz CT molecular complexity index is 1350. The highest BCUT2D eigenvalue weighted by Gasteiger charge is 2.23. The average Bonchev–Trinajstić information content (AvgIpc) is 3.46. The molecular weight excluding hydrogens is 432 g/mol. The fourth-order valence-corrected chi connectivity index (χ4v) is 4.16. The third-order valence-electron chi connectivity index (χ3n) is 5.97. The third kappa shape index (κ3) is 3.87. The number of nitrogens with zero attached hydrogens (tertiary/aromatic N) is 3. The molecule has 0 amide bonds. The van der Waals surface area contributed by atoms with E-state index >= 15 is 0 Å². The lowest BCUT2D eigenvalue weighted by Gasteiger charge is -2.15. The lowest BCUT2D eigenvalue weighted by atomic mass is 9.98. The summed E-state index contributed by atoms with van der Waals surface area (Å²) >= 11 is 0. The largest absolute Gasteiger partial charge is 0.508 e. The lowest BCUT2D eigenvalue weighted by molar-refractivity contribution is 0.409. The average molecular weight is 459 g/mol. The second-order valence-electron chi connectivity index (χ2n) is 8.52. The molecule has 0 radical (unpaired) electrons. The second kappa shape index (κ2) is 8.62. The smallest absolute Gasteiger partial charge is 0.327 e. The molecule has 0 saturated carbocycles. The zero-order valence-electron chi connectivity index (χ0n) is 19.2. The minimum Gasteiger partial charge on any atom is -0.508 e. The Balaban J connectivity index is 1.66. The van der Waals surface area contributed by atoms with Gasteiger partial charge in [0.15, 0.2) is 5.82 Å². The SMILES string of the molecule is COc1ccc(Oc2nnc(-c3cc(C(C)C)c(O)cc3O)n2-c2ccc3c(c2)CCN3)cc1. The molecule has 3 aromatic carbocycles. The zero-order chi connectivity index (χ0) is 23.8. The van der Waals surface area contributed by atoms with Gasteiger partial charge in [0.2, 0.25) is 0 Å². The van der Waals surface area contributed by atoms with E-state index in [9.17, 15) is 10.2 Å². The van der Waals surface area contributed by atoms with Crippen LogP contribution < -0.4 is 14.8 Å². The number of anilines is 1. The van der Waals surface area contributed by atoms with E-state index in [4.69, 9.17) is 9.47 Å². The van der Waals surface area contributed by atoms with Gasteiger partial charge in [-0.3, -0.25) is 0 Å². The summed E-state index contributed by atoms with van der Waals surface area (Å²) in [6.07, 6.45) is 0.914. The van der Waals surface area contributed by atoms with Crippen LogP contribution in [0.1, 0.15) is 30.9 Å². The summed E-state index contributed by atoms with van der Waals surface area (Å²) in [5, 5.41) is 33.1. The van der Waals surface area contributed by atoms with Crippen LogP contribution in [0, 0.1) is 0 Å². The number of aromatic nitrogens is 3. The number of rotatable bonds is 6. The Labute approximate surface area is 197 Å². The van der Waals surface area contributed by atoms with Crippen LogP contribution in [-0.4, -0.2) is 38.6 Å². The van der Waals surface area contributed by atoms with Crippen LogP contribution in [-0.2, 0) is 6.42 Å². The summed E-state index contributed by atoms with van der Waals surface area (Å²) in [5.41, 5.74) is 4.26. The van der Waals surface area contributed by atoms with Gasteiger partial charge in [-0.2, -0.15) is 0 Å². The molecule has 4 aromatic rings. The molecule has 0 fully saturated rings. The molecule has 8 nitrogen and oxygen atoms in total. The van der Waals surface area contributed by atoms with Gasteiger partial charge in [-0.05, 0) is 72.0 Å². The maximum atomic E-state index is 10.7. The number of phenols is 2. The van der Waals surface area contributed by atoms with E-state index in [0.717, 1.165) is 30.1 Å². The van der Waals surface area contributed by atoms with E-state index in [-0.39, 0.29) is 23.4 Å². The quantitative estimate of drug-likeness (QED) is 0.363. The van der Waals surface area contributed by atoms with Crippen molar-refractivity contribution in [3.63, 3.8) is 0 Å². The summed E-state index contributed by atoms with van der Waals surface area (Å²) < 4.78 is 13.1. The number of methoxy groups -OCH3 is 1. The van der Waals surface area contributed by atoms with Gasteiger partial charge in [-0.25, -0.2) is 4.57 Å². The molecule has 0 atom stereocenters. The first-order chi connectivity index (χ1) is 16.4. The molecular formula is C26H26N4O4. The minimum absolute atomic E-state index is 0.0422. The van der Waals surface area contributed by atoms with Gasteiger partial charge in [-0.1, -0.05) is 18.9 Å². The van der Waals surface area contributed by atoms with Crippen molar-refractivity contribution in [1.29, 1.82) is 0 Å². The molecule has 1 aliphatic heterocycles. The predicted molar refractivity (Wildman–Crippen MR) is 129 cm³/mol. The van der Waals surface area contributed by atoms with Crippen LogP contribution in [0.25, 0.3) is 17.1 Å². The van der Waals surface area contributed by atoms with E-state index in [0.29, 0.717) is 22.7 Å². The van der Waals surface area contributed by atoms with Crippen molar-refractivity contribution < 1.29 is 19.7 Å². The van der Waals surface area contributed by atoms with Crippen LogP contribution in [0.5, 0.6) is 29.0 Å². The first-order valence-electron chi connectivity index (χ1n) is 11.2. The number of phenolic OH excluding ortho intramolecular Hbond substituents is 2. The van der Waals surface area contributed by atoms with E-state index in [1.165, 1.54) is 11.6 Å². The third-order valence-corrected chi connectivity index (χ3v) is 5.97. The van der Waals surface area contributed by atoms with Gasteiger partial charge in [0.25, 0.3) is 0 Å². The first-order valence-corrected chi connectivity index (χ1v) is 11.2. The molecule has 34 heavy (non-hydrogen) atoms. The van der Waals surface area contributed by atoms with E-state index in [2.05, 4.69) is 21.6 Å². The number of hydrogen-bond donors (Lipinski definition) is 3. The summed E-state index contributed by atoms with van der Waals surface area (Å²) in [6.45, 7) is 4.85. The Morgan fingerprint density at radius 2 is 1.71 bits per heavy atom. The highest BCUT2D eigenvalue weighted by molar-refractivity contribution is 5.70. The van der Waals surface area contributed by atoms with Gasteiger partial charge in [0, 0.05) is 18.3 Å². The molecule has 0 spiro atoms. The maximum Gasteiger partial charge on any atom is 0.327 e. The van der Waals surface area contributed by atoms with Crippen LogP contribution >= 0.6 is 0 Å². The van der Waals surface area contributed by atoms with Crippen LogP contribution in [0.3, 0.4) is 0 Å². The Morgan fingerprint density at radius 1 is 0.941 bits per heavy atom.